The summed E-state index contributed by atoms with van der Waals surface area (Å²) in [6.07, 6.45) is 0. The first-order valence-corrected chi connectivity index (χ1v) is 7.89. The van der Waals surface area contributed by atoms with Crippen molar-refractivity contribution in [2.75, 3.05) is 36.0 Å². The Morgan fingerprint density at radius 1 is 1.06 bits per heavy atom. The van der Waals surface area contributed by atoms with E-state index in [1.807, 2.05) is 12.3 Å². The normalized spacial score (nSPS) is 16.3. The third-order valence-electron chi connectivity index (χ3n) is 2.95. The van der Waals surface area contributed by atoms with Gasteiger partial charge < -0.3 is 9.80 Å². The van der Waals surface area contributed by atoms with E-state index in [9.17, 15) is 0 Å². The zero-order valence-electron chi connectivity index (χ0n) is 9.97. The molecule has 0 aromatic carbocycles. The maximum absolute atomic E-state index is 5.87. The third kappa shape index (κ3) is 2.46. The Labute approximate surface area is 119 Å². The molecule has 0 aliphatic carbocycles. The molecule has 1 fully saturated rings. The quantitative estimate of drug-likeness (QED) is 0.854. The fourth-order valence-electron chi connectivity index (χ4n) is 2.00. The molecule has 2 aromatic heterocycles. The highest BCUT2D eigenvalue weighted by Gasteiger charge is 2.20. The summed E-state index contributed by atoms with van der Waals surface area (Å²) < 4.78 is 0.614. The number of piperazine rings is 1. The molecule has 0 spiro atoms. The highest BCUT2D eigenvalue weighted by Crippen LogP contribution is 2.25. The number of halogens is 1. The van der Waals surface area contributed by atoms with Crippen LogP contribution in [0.2, 0.25) is 4.47 Å². The van der Waals surface area contributed by atoms with Crippen LogP contribution in [-0.2, 0) is 0 Å². The fourth-order valence-corrected chi connectivity index (χ4v) is 3.63. The lowest BCUT2D eigenvalue weighted by Gasteiger charge is -2.34. The number of hydrogen-bond donors (Lipinski definition) is 0. The van der Waals surface area contributed by atoms with E-state index in [0.717, 1.165) is 42.8 Å². The Morgan fingerprint density at radius 2 is 1.78 bits per heavy atom. The molecule has 1 saturated heterocycles. The maximum Gasteiger partial charge on any atom is 0.185 e. The first-order valence-electron chi connectivity index (χ1n) is 5.75. The number of hydrogen-bond acceptors (Lipinski definition) is 6. The fraction of sp³-hybridized carbons (Fsp3) is 0.455. The average Bonchev–Trinajstić information content (AvgIpc) is 2.98. The van der Waals surface area contributed by atoms with Gasteiger partial charge in [0, 0.05) is 36.9 Å². The number of aryl methyl sites for hydroxylation is 1. The summed E-state index contributed by atoms with van der Waals surface area (Å²) in [5.41, 5.74) is 1.10. The minimum absolute atomic E-state index is 0.614. The molecule has 3 heterocycles. The zero-order valence-corrected chi connectivity index (χ0v) is 12.4. The SMILES string of the molecule is Cc1csc(N2CCN(c3csc(Cl)n3)CC2)n1. The monoisotopic (exact) mass is 300 g/mol. The zero-order chi connectivity index (χ0) is 12.5. The number of anilines is 2. The van der Waals surface area contributed by atoms with Crippen LogP contribution < -0.4 is 9.80 Å². The van der Waals surface area contributed by atoms with Crippen LogP contribution in [0.4, 0.5) is 10.9 Å². The molecule has 4 nitrogen and oxygen atoms in total. The molecule has 1 aliphatic heterocycles. The number of nitrogens with zero attached hydrogens (tertiary/aromatic N) is 4. The summed E-state index contributed by atoms with van der Waals surface area (Å²) in [4.78, 5) is 13.5. The van der Waals surface area contributed by atoms with Crippen molar-refractivity contribution in [3.8, 4) is 0 Å². The predicted octanol–water partition coefficient (Wildman–Crippen LogP) is 2.89. The first kappa shape index (κ1) is 12.2. The summed E-state index contributed by atoms with van der Waals surface area (Å²) in [7, 11) is 0. The molecule has 0 amide bonds. The largest absolute Gasteiger partial charge is 0.352 e. The van der Waals surface area contributed by atoms with Crippen LogP contribution in [0, 0.1) is 6.92 Å². The van der Waals surface area contributed by atoms with E-state index in [1.54, 1.807) is 11.3 Å². The second kappa shape index (κ2) is 5.03. The molecular weight excluding hydrogens is 288 g/mol. The van der Waals surface area contributed by atoms with Crippen LogP contribution >= 0.6 is 34.3 Å². The van der Waals surface area contributed by atoms with Crippen LogP contribution in [0.3, 0.4) is 0 Å². The number of rotatable bonds is 2. The van der Waals surface area contributed by atoms with Gasteiger partial charge in [-0.2, -0.15) is 0 Å². The van der Waals surface area contributed by atoms with Crippen molar-refractivity contribution in [2.45, 2.75) is 6.92 Å². The molecule has 3 rings (SSSR count). The molecule has 0 atom stereocenters. The summed E-state index contributed by atoms with van der Waals surface area (Å²) in [5, 5.41) is 5.25. The molecule has 18 heavy (non-hydrogen) atoms. The molecule has 0 N–H and O–H groups in total. The Hall–Kier alpha value is -0.850. The lowest BCUT2D eigenvalue weighted by atomic mass is 10.3. The second-order valence-corrected chi connectivity index (χ2v) is 6.48. The van der Waals surface area contributed by atoms with Crippen molar-refractivity contribution in [3.63, 3.8) is 0 Å². The van der Waals surface area contributed by atoms with Crippen LogP contribution in [0.15, 0.2) is 10.8 Å². The van der Waals surface area contributed by atoms with Gasteiger partial charge >= 0.3 is 0 Å². The van der Waals surface area contributed by atoms with Crippen LogP contribution in [0.5, 0.6) is 0 Å². The number of thiazole rings is 2. The highest BCUT2D eigenvalue weighted by molar-refractivity contribution is 7.14. The van der Waals surface area contributed by atoms with E-state index in [-0.39, 0.29) is 0 Å². The lowest BCUT2D eigenvalue weighted by molar-refractivity contribution is 0.647. The van der Waals surface area contributed by atoms with Gasteiger partial charge in [-0.3, -0.25) is 0 Å². The van der Waals surface area contributed by atoms with Crippen molar-refractivity contribution < 1.29 is 0 Å². The average molecular weight is 301 g/mol. The summed E-state index contributed by atoms with van der Waals surface area (Å²) >= 11 is 9.08. The minimum Gasteiger partial charge on any atom is -0.352 e. The molecule has 0 saturated carbocycles. The van der Waals surface area contributed by atoms with E-state index in [1.165, 1.54) is 11.3 Å². The molecule has 96 valence electrons. The highest BCUT2D eigenvalue weighted by atomic mass is 35.5. The lowest BCUT2D eigenvalue weighted by Crippen LogP contribution is -2.46. The molecule has 0 bridgehead atoms. The smallest absolute Gasteiger partial charge is 0.185 e. The van der Waals surface area contributed by atoms with Gasteiger partial charge in [-0.1, -0.05) is 11.6 Å². The van der Waals surface area contributed by atoms with Crippen molar-refractivity contribution in [1.82, 2.24) is 9.97 Å². The predicted molar refractivity (Wildman–Crippen MR) is 78.4 cm³/mol. The van der Waals surface area contributed by atoms with E-state index in [4.69, 9.17) is 11.6 Å². The molecule has 0 radical (unpaired) electrons. The van der Waals surface area contributed by atoms with Crippen molar-refractivity contribution >= 4 is 45.2 Å². The summed E-state index contributed by atoms with van der Waals surface area (Å²) in [6.45, 7) is 5.95. The van der Waals surface area contributed by atoms with E-state index < -0.39 is 0 Å². The molecule has 1 aliphatic rings. The topological polar surface area (TPSA) is 32.3 Å². The van der Waals surface area contributed by atoms with Crippen molar-refractivity contribution in [3.05, 3.63) is 20.9 Å². The Bertz CT molecular complexity index is 482. The number of aromatic nitrogens is 2. The van der Waals surface area contributed by atoms with E-state index in [0.29, 0.717) is 4.47 Å². The van der Waals surface area contributed by atoms with Crippen molar-refractivity contribution in [1.29, 1.82) is 0 Å². The van der Waals surface area contributed by atoms with Gasteiger partial charge in [-0.25, -0.2) is 9.97 Å². The van der Waals surface area contributed by atoms with Crippen LogP contribution in [0.1, 0.15) is 5.69 Å². The van der Waals surface area contributed by atoms with Crippen LogP contribution in [-0.4, -0.2) is 36.1 Å². The first-order chi connectivity index (χ1) is 8.72. The Kier molecular flexibility index (Phi) is 3.41. The molecule has 7 heteroatoms. The second-order valence-electron chi connectivity index (χ2n) is 4.20. The summed E-state index contributed by atoms with van der Waals surface area (Å²) in [5.74, 6) is 1.000. The molecular formula is C11H13ClN4S2. The summed E-state index contributed by atoms with van der Waals surface area (Å²) in [6, 6.07) is 0. The van der Waals surface area contributed by atoms with Gasteiger partial charge in [-0.05, 0) is 6.92 Å². The van der Waals surface area contributed by atoms with Gasteiger partial charge in [0.05, 0.1) is 5.69 Å². The van der Waals surface area contributed by atoms with Gasteiger partial charge in [0.1, 0.15) is 5.82 Å². The van der Waals surface area contributed by atoms with Crippen molar-refractivity contribution in [2.24, 2.45) is 0 Å². The van der Waals surface area contributed by atoms with Gasteiger partial charge in [0.2, 0.25) is 0 Å². The van der Waals surface area contributed by atoms with Gasteiger partial charge in [0.25, 0.3) is 0 Å². The molecule has 0 unspecified atom stereocenters. The van der Waals surface area contributed by atoms with E-state index >= 15 is 0 Å². The third-order valence-corrected chi connectivity index (χ3v) is 4.93. The Morgan fingerprint density at radius 3 is 2.33 bits per heavy atom. The standard InChI is InChI=1S/C11H13ClN4S2/c1-8-6-18-11(13-8)16-4-2-15(3-5-16)9-7-17-10(12)14-9/h6-7H,2-5H2,1H3. The maximum atomic E-state index is 5.87. The Balaban J connectivity index is 1.64. The van der Waals surface area contributed by atoms with Gasteiger partial charge in [-0.15, -0.1) is 22.7 Å². The minimum atomic E-state index is 0.614. The van der Waals surface area contributed by atoms with E-state index in [2.05, 4.69) is 25.1 Å². The molecule has 2 aromatic rings. The van der Waals surface area contributed by atoms with Crippen LogP contribution in [0.25, 0.3) is 0 Å². The van der Waals surface area contributed by atoms with Gasteiger partial charge in [0.15, 0.2) is 9.60 Å².